The van der Waals surface area contributed by atoms with Gasteiger partial charge in [-0.1, -0.05) is 30.3 Å². The summed E-state index contributed by atoms with van der Waals surface area (Å²) in [5.74, 6) is 1.47. The first-order chi connectivity index (χ1) is 12.7. The number of ether oxygens (including phenoxy) is 2. The zero-order valence-corrected chi connectivity index (χ0v) is 14.9. The number of benzene rings is 2. The molecule has 1 aliphatic carbocycles. The van der Waals surface area contributed by atoms with Crippen molar-refractivity contribution in [2.24, 2.45) is 10.4 Å². The van der Waals surface area contributed by atoms with Gasteiger partial charge >= 0.3 is 0 Å². The van der Waals surface area contributed by atoms with E-state index in [0.29, 0.717) is 12.0 Å². The number of hydrogen-bond acceptors (Lipinski definition) is 4. The zero-order chi connectivity index (χ0) is 17.6. The summed E-state index contributed by atoms with van der Waals surface area (Å²) in [6.07, 6.45) is 8.08. The maximum Gasteiger partial charge on any atom is 0.163 e. The molecule has 2 aliphatic heterocycles. The molecule has 2 aromatic rings. The first-order valence-electron chi connectivity index (χ1n) is 9.15. The van der Waals surface area contributed by atoms with Gasteiger partial charge in [-0.05, 0) is 36.3 Å². The molecular weight excluding hydrogens is 324 g/mol. The van der Waals surface area contributed by atoms with Crippen molar-refractivity contribution < 1.29 is 9.47 Å². The summed E-state index contributed by atoms with van der Waals surface area (Å²) in [5, 5.41) is 2.01. The molecule has 3 aliphatic rings. The van der Waals surface area contributed by atoms with Crippen LogP contribution in [0.4, 0.5) is 0 Å². The molecule has 1 spiro atoms. The molecule has 0 atom stereocenters. The summed E-state index contributed by atoms with van der Waals surface area (Å²) < 4.78 is 11.6. The van der Waals surface area contributed by atoms with Crippen LogP contribution in [-0.4, -0.2) is 18.6 Å². The average molecular weight is 346 g/mol. The molecule has 0 bridgehead atoms. The van der Waals surface area contributed by atoms with Crippen LogP contribution in [0.2, 0.25) is 0 Å². The third-order valence-electron chi connectivity index (χ3n) is 5.59. The standard InChI is InChI=1S/C22H22N2O2/c1-25-20-9-17-13-24-15-22(7-8-22)11-18(24)12-23-19(17)10-21(20)26-14-16-5-3-2-4-6-16/h2-6,9-10,12-13H,7-8,11,14-15H2,1H3. The van der Waals surface area contributed by atoms with E-state index in [-0.39, 0.29) is 0 Å². The lowest BCUT2D eigenvalue weighted by molar-refractivity contribution is 0.284. The predicted molar refractivity (Wildman–Crippen MR) is 100 cm³/mol. The third kappa shape index (κ3) is 2.75. The summed E-state index contributed by atoms with van der Waals surface area (Å²) >= 11 is 0. The molecule has 4 heteroatoms. The predicted octanol–water partition coefficient (Wildman–Crippen LogP) is 2.97. The van der Waals surface area contributed by atoms with Crippen molar-refractivity contribution in [1.29, 1.82) is 0 Å². The molecule has 0 unspecified atom stereocenters. The molecule has 1 saturated heterocycles. The van der Waals surface area contributed by atoms with Crippen LogP contribution in [0, 0.1) is 5.41 Å². The SMILES string of the molecule is COc1cc2c(cc1OCc1ccccc1)=NC=C1CC3(CC3)CN1C=2. The molecule has 5 rings (SSSR count). The van der Waals surface area contributed by atoms with Crippen molar-refractivity contribution in [1.82, 2.24) is 4.90 Å². The summed E-state index contributed by atoms with van der Waals surface area (Å²) in [6.45, 7) is 1.62. The van der Waals surface area contributed by atoms with Gasteiger partial charge < -0.3 is 14.4 Å². The highest BCUT2D eigenvalue weighted by atomic mass is 16.5. The zero-order valence-electron chi connectivity index (χ0n) is 14.9. The first kappa shape index (κ1) is 15.5. The van der Waals surface area contributed by atoms with Crippen LogP contribution in [0.15, 0.2) is 59.4 Å². The summed E-state index contributed by atoms with van der Waals surface area (Å²) in [5.41, 5.74) is 2.98. The van der Waals surface area contributed by atoms with E-state index in [2.05, 4.69) is 23.2 Å². The Kier molecular flexibility index (Phi) is 3.52. The monoisotopic (exact) mass is 346 g/mol. The largest absolute Gasteiger partial charge is 0.493 e. The molecule has 0 radical (unpaired) electrons. The fourth-order valence-corrected chi connectivity index (χ4v) is 3.86. The van der Waals surface area contributed by atoms with E-state index in [4.69, 9.17) is 14.5 Å². The second kappa shape index (κ2) is 5.90. The quantitative estimate of drug-likeness (QED) is 0.854. The van der Waals surface area contributed by atoms with Gasteiger partial charge in [0.25, 0.3) is 0 Å². The molecule has 2 aromatic carbocycles. The van der Waals surface area contributed by atoms with Crippen molar-refractivity contribution in [2.45, 2.75) is 25.9 Å². The minimum atomic E-state index is 0.509. The highest BCUT2D eigenvalue weighted by molar-refractivity contribution is 5.44. The Morgan fingerprint density at radius 1 is 1.12 bits per heavy atom. The Morgan fingerprint density at radius 3 is 2.73 bits per heavy atom. The summed E-state index contributed by atoms with van der Waals surface area (Å²) in [6, 6.07) is 14.2. The molecule has 1 saturated carbocycles. The van der Waals surface area contributed by atoms with Crippen molar-refractivity contribution in [3.63, 3.8) is 0 Å². The van der Waals surface area contributed by atoms with E-state index in [1.807, 2.05) is 36.5 Å². The first-order valence-corrected chi connectivity index (χ1v) is 9.15. The number of methoxy groups -OCH3 is 1. The number of allylic oxidation sites excluding steroid dienone is 1. The lowest BCUT2D eigenvalue weighted by atomic mass is 10.1. The van der Waals surface area contributed by atoms with Crippen LogP contribution in [-0.2, 0) is 6.61 Å². The van der Waals surface area contributed by atoms with Crippen LogP contribution < -0.4 is 20.0 Å². The van der Waals surface area contributed by atoms with E-state index >= 15 is 0 Å². The van der Waals surface area contributed by atoms with Gasteiger partial charge in [-0.3, -0.25) is 4.99 Å². The topological polar surface area (TPSA) is 34.1 Å². The molecule has 4 nitrogen and oxygen atoms in total. The molecule has 132 valence electrons. The Labute approximate surface area is 153 Å². The summed E-state index contributed by atoms with van der Waals surface area (Å²) in [4.78, 5) is 7.11. The van der Waals surface area contributed by atoms with Crippen LogP contribution >= 0.6 is 0 Å². The Hall–Kier alpha value is -2.75. The fourth-order valence-electron chi connectivity index (χ4n) is 3.86. The van der Waals surface area contributed by atoms with Crippen molar-refractivity contribution in [2.75, 3.05) is 13.7 Å². The average Bonchev–Trinajstić information content (AvgIpc) is 3.37. The Balaban J connectivity index is 1.48. The summed E-state index contributed by atoms with van der Waals surface area (Å²) in [7, 11) is 1.68. The molecule has 0 N–H and O–H groups in total. The molecule has 26 heavy (non-hydrogen) atoms. The van der Waals surface area contributed by atoms with E-state index in [1.165, 1.54) is 18.5 Å². The van der Waals surface area contributed by atoms with Gasteiger partial charge in [-0.2, -0.15) is 0 Å². The van der Waals surface area contributed by atoms with Crippen molar-refractivity contribution >= 4 is 6.20 Å². The van der Waals surface area contributed by atoms with E-state index in [0.717, 1.165) is 40.6 Å². The molecule has 0 amide bonds. The van der Waals surface area contributed by atoms with Crippen LogP contribution in [0.1, 0.15) is 24.8 Å². The smallest absolute Gasteiger partial charge is 0.163 e. The lowest BCUT2D eigenvalue weighted by Crippen LogP contribution is -2.27. The highest BCUT2D eigenvalue weighted by Gasteiger charge is 2.49. The highest BCUT2D eigenvalue weighted by Crippen LogP contribution is 2.56. The number of fused-ring (bicyclic) bond motifs is 2. The van der Waals surface area contributed by atoms with Gasteiger partial charge in [-0.25, -0.2) is 0 Å². The van der Waals surface area contributed by atoms with Gasteiger partial charge in [-0.15, -0.1) is 0 Å². The van der Waals surface area contributed by atoms with Gasteiger partial charge in [0.05, 0.1) is 12.5 Å². The minimum absolute atomic E-state index is 0.509. The Morgan fingerprint density at radius 2 is 1.96 bits per heavy atom. The van der Waals surface area contributed by atoms with Crippen LogP contribution in [0.5, 0.6) is 11.5 Å². The second-order valence-corrected chi connectivity index (χ2v) is 7.52. The molecular formula is C22H22N2O2. The Bertz CT molecular complexity index is 991. The van der Waals surface area contributed by atoms with Crippen LogP contribution in [0.3, 0.4) is 0 Å². The van der Waals surface area contributed by atoms with Crippen molar-refractivity contribution in [3.8, 4) is 11.5 Å². The second-order valence-electron chi connectivity index (χ2n) is 7.52. The lowest BCUT2D eigenvalue weighted by Gasteiger charge is -2.14. The van der Waals surface area contributed by atoms with Gasteiger partial charge in [0.1, 0.15) is 6.61 Å². The molecule has 2 fully saturated rings. The fraction of sp³-hybridized carbons (Fsp3) is 0.318. The maximum atomic E-state index is 6.02. The van der Waals surface area contributed by atoms with E-state index in [9.17, 15) is 0 Å². The van der Waals surface area contributed by atoms with E-state index in [1.54, 1.807) is 7.11 Å². The van der Waals surface area contributed by atoms with Gasteiger partial charge in [0, 0.05) is 35.9 Å². The number of rotatable bonds is 4. The van der Waals surface area contributed by atoms with Gasteiger partial charge in [0.15, 0.2) is 11.5 Å². The third-order valence-corrected chi connectivity index (χ3v) is 5.59. The van der Waals surface area contributed by atoms with Gasteiger partial charge in [0.2, 0.25) is 0 Å². The maximum absolute atomic E-state index is 6.02. The van der Waals surface area contributed by atoms with E-state index < -0.39 is 0 Å². The normalized spacial score (nSPS) is 18.8. The molecule has 2 heterocycles. The number of nitrogens with zero attached hydrogens (tertiary/aromatic N) is 2. The van der Waals surface area contributed by atoms with Crippen molar-refractivity contribution in [3.05, 3.63) is 70.5 Å². The van der Waals surface area contributed by atoms with Crippen LogP contribution in [0.25, 0.3) is 6.20 Å². The number of hydrogen-bond donors (Lipinski definition) is 0. The minimum Gasteiger partial charge on any atom is -0.493 e. The molecule has 0 aromatic heterocycles.